The molecule has 8 rings (SSSR count). The van der Waals surface area contributed by atoms with Crippen molar-refractivity contribution in [3.05, 3.63) is 84.9 Å². The van der Waals surface area contributed by atoms with E-state index in [1.807, 2.05) is 59.5 Å². The number of likely N-dealkylation sites (tertiary alicyclic amines) is 2. The number of para-hydroxylation sites is 1. The number of aromatic nitrogens is 5. The third-order valence-electron chi connectivity index (χ3n) is 9.72. The van der Waals surface area contributed by atoms with Crippen molar-refractivity contribution < 1.29 is 23.4 Å². The molecule has 6 heterocycles. The highest BCUT2D eigenvalue weighted by atomic mass is 19.1. The maximum atomic E-state index is 16.0. The van der Waals surface area contributed by atoms with E-state index in [-0.39, 0.29) is 37.2 Å². The van der Waals surface area contributed by atoms with E-state index in [0.717, 1.165) is 11.3 Å². The Morgan fingerprint density at radius 1 is 0.980 bits per heavy atom. The molecule has 14 heteroatoms. The van der Waals surface area contributed by atoms with E-state index in [1.54, 1.807) is 10.7 Å². The lowest BCUT2D eigenvalue weighted by Crippen LogP contribution is -2.69. The number of hydrogen-bond acceptors (Lipinski definition) is 10. The number of nitrogens with zero attached hydrogens (tertiary/aromatic N) is 8. The van der Waals surface area contributed by atoms with Gasteiger partial charge in [0.05, 0.1) is 36.4 Å². The smallest absolute Gasteiger partial charge is 0.354 e. The number of piperidine rings is 1. The van der Waals surface area contributed by atoms with Crippen LogP contribution in [0, 0.1) is 0 Å². The standard InChI is InChI=1S/C35H35F2N9O3/c36-27-17-44(24-15-43(16-24)18-35(37)19-45(20-35)23-8-11-28(34(47)48)39-14-23)13-12-29(27)46-33-30(32(38)40-21-41-33)31(42-46)22-6-9-26(10-7-22)49-25-4-2-1-3-5-25/h1-11,14,21,24,27,29H,12-13,15-20H2,(H,47,48)(H2,38,40,41)/t27-,29+/m1/s1. The molecule has 0 aliphatic carbocycles. The molecule has 3 saturated heterocycles. The Labute approximate surface area is 280 Å². The number of carboxylic acids is 1. The number of carboxylic acid groups (broad SMARTS) is 1. The number of benzene rings is 2. The Morgan fingerprint density at radius 2 is 1.73 bits per heavy atom. The van der Waals surface area contributed by atoms with Gasteiger partial charge in [0, 0.05) is 44.3 Å². The van der Waals surface area contributed by atoms with E-state index >= 15 is 8.78 Å². The van der Waals surface area contributed by atoms with Crippen molar-refractivity contribution in [1.82, 2.24) is 34.5 Å². The number of pyridine rings is 1. The van der Waals surface area contributed by atoms with Gasteiger partial charge in [-0.2, -0.15) is 5.10 Å². The van der Waals surface area contributed by atoms with Gasteiger partial charge in [-0.3, -0.25) is 9.80 Å². The maximum absolute atomic E-state index is 16.0. The van der Waals surface area contributed by atoms with Crippen molar-refractivity contribution in [3.8, 4) is 22.8 Å². The molecule has 2 aromatic carbocycles. The zero-order valence-corrected chi connectivity index (χ0v) is 26.6. The minimum absolute atomic E-state index is 0.0418. The lowest BCUT2D eigenvalue weighted by atomic mass is 9.92. The zero-order chi connectivity index (χ0) is 33.7. The molecule has 0 spiro atoms. The van der Waals surface area contributed by atoms with Crippen LogP contribution in [0.25, 0.3) is 22.3 Å². The van der Waals surface area contributed by atoms with Crippen LogP contribution in [-0.2, 0) is 0 Å². The predicted molar refractivity (Wildman–Crippen MR) is 179 cm³/mol. The molecule has 0 amide bonds. The van der Waals surface area contributed by atoms with Crippen molar-refractivity contribution in [3.63, 3.8) is 0 Å². The molecule has 3 aliphatic heterocycles. The lowest BCUT2D eigenvalue weighted by Gasteiger charge is -2.53. The molecule has 0 saturated carbocycles. The van der Waals surface area contributed by atoms with E-state index in [0.29, 0.717) is 60.8 Å². The van der Waals surface area contributed by atoms with Crippen LogP contribution in [0.1, 0.15) is 23.0 Å². The molecule has 3 N–H and O–H groups in total. The number of fused-ring (bicyclic) bond motifs is 1. The molecule has 0 unspecified atom stereocenters. The highest BCUT2D eigenvalue weighted by Gasteiger charge is 2.48. The van der Waals surface area contributed by atoms with Crippen LogP contribution in [-0.4, -0.2) is 109 Å². The van der Waals surface area contributed by atoms with Gasteiger partial charge in [0.2, 0.25) is 0 Å². The first-order chi connectivity index (χ1) is 23.7. The van der Waals surface area contributed by atoms with E-state index in [1.165, 1.54) is 18.6 Å². The number of hydrogen-bond donors (Lipinski definition) is 2. The largest absolute Gasteiger partial charge is 0.477 e. The van der Waals surface area contributed by atoms with Crippen LogP contribution >= 0.6 is 0 Å². The van der Waals surface area contributed by atoms with Gasteiger partial charge < -0.3 is 20.5 Å². The Morgan fingerprint density at radius 3 is 2.43 bits per heavy atom. The molecular formula is C35H35F2N9O3. The minimum atomic E-state index is -1.36. The molecule has 12 nitrogen and oxygen atoms in total. The summed E-state index contributed by atoms with van der Waals surface area (Å²) in [6, 6.07) is 19.7. The number of nitrogens with two attached hydrogens (primary N) is 1. The normalized spacial score (nSPS) is 21.3. The predicted octanol–water partition coefficient (Wildman–Crippen LogP) is 4.46. The maximum Gasteiger partial charge on any atom is 0.354 e. The Balaban J connectivity index is 0.889. The van der Waals surface area contributed by atoms with Crippen LogP contribution in [0.4, 0.5) is 20.3 Å². The molecule has 5 aromatic rings. The fourth-order valence-electron chi connectivity index (χ4n) is 7.18. The summed E-state index contributed by atoms with van der Waals surface area (Å²) in [5.74, 6) is 0.594. The summed E-state index contributed by atoms with van der Waals surface area (Å²) in [5, 5.41) is 14.5. The van der Waals surface area contributed by atoms with Crippen molar-refractivity contribution in [2.75, 3.05) is 56.4 Å². The third kappa shape index (κ3) is 6.02. The molecular weight excluding hydrogens is 632 g/mol. The number of ether oxygens (including phenoxy) is 1. The zero-order valence-electron chi connectivity index (χ0n) is 26.6. The van der Waals surface area contributed by atoms with Crippen LogP contribution in [0.3, 0.4) is 0 Å². The number of alkyl halides is 2. The fourth-order valence-corrected chi connectivity index (χ4v) is 7.18. The topological polar surface area (TPSA) is 139 Å². The SMILES string of the molecule is Nc1ncnc2c1c(-c1ccc(Oc3ccccc3)cc1)nn2[C@H]1CCN(C2CN(CC3(F)CN(c4ccc(C(=O)O)nc4)C3)C2)C[C@H]1F. The summed E-state index contributed by atoms with van der Waals surface area (Å²) in [6.07, 6.45) is 2.20. The van der Waals surface area contributed by atoms with Crippen LogP contribution in [0.5, 0.6) is 11.5 Å². The summed E-state index contributed by atoms with van der Waals surface area (Å²) in [6.45, 7) is 3.04. The van der Waals surface area contributed by atoms with Gasteiger partial charge in [-0.1, -0.05) is 18.2 Å². The van der Waals surface area contributed by atoms with Gasteiger partial charge in [0.25, 0.3) is 0 Å². The number of aromatic carboxylic acids is 1. The second-order valence-corrected chi connectivity index (χ2v) is 13.1. The number of nitrogen functional groups attached to an aromatic ring is 1. The summed E-state index contributed by atoms with van der Waals surface area (Å²) >= 11 is 0. The summed E-state index contributed by atoms with van der Waals surface area (Å²) < 4.78 is 39.1. The van der Waals surface area contributed by atoms with Crippen LogP contribution in [0.15, 0.2) is 79.3 Å². The van der Waals surface area contributed by atoms with Gasteiger partial charge >= 0.3 is 5.97 Å². The second kappa shape index (κ2) is 12.3. The Bertz CT molecular complexity index is 1960. The molecule has 3 aliphatic rings. The van der Waals surface area contributed by atoms with Crippen LogP contribution < -0.4 is 15.4 Å². The molecule has 49 heavy (non-hydrogen) atoms. The first kappa shape index (κ1) is 31.1. The van der Waals surface area contributed by atoms with E-state index in [4.69, 9.17) is 20.7 Å². The second-order valence-electron chi connectivity index (χ2n) is 13.1. The quantitative estimate of drug-likeness (QED) is 0.230. The number of anilines is 2. The van der Waals surface area contributed by atoms with Gasteiger partial charge in [0.15, 0.2) is 11.3 Å². The lowest BCUT2D eigenvalue weighted by molar-refractivity contribution is -0.0397. The molecule has 252 valence electrons. The van der Waals surface area contributed by atoms with Crippen molar-refractivity contribution >= 4 is 28.5 Å². The molecule has 0 radical (unpaired) electrons. The van der Waals surface area contributed by atoms with Crippen molar-refractivity contribution in [1.29, 1.82) is 0 Å². The first-order valence-electron chi connectivity index (χ1n) is 16.3. The summed E-state index contributed by atoms with van der Waals surface area (Å²) in [4.78, 5) is 29.7. The average molecular weight is 668 g/mol. The first-order valence-corrected chi connectivity index (χ1v) is 16.3. The average Bonchev–Trinajstić information content (AvgIpc) is 3.46. The van der Waals surface area contributed by atoms with Gasteiger partial charge in [-0.15, -0.1) is 0 Å². The Kier molecular flexibility index (Phi) is 7.83. The van der Waals surface area contributed by atoms with Gasteiger partial charge in [-0.05, 0) is 55.0 Å². The fraction of sp³-hybridized carbons (Fsp3) is 0.343. The van der Waals surface area contributed by atoms with E-state index < -0.39 is 23.9 Å². The van der Waals surface area contributed by atoms with Crippen LogP contribution in [0.2, 0.25) is 0 Å². The molecule has 3 aromatic heterocycles. The van der Waals surface area contributed by atoms with Gasteiger partial charge in [0.1, 0.15) is 41.2 Å². The highest BCUT2D eigenvalue weighted by molar-refractivity contribution is 5.98. The van der Waals surface area contributed by atoms with Crippen molar-refractivity contribution in [2.45, 2.75) is 30.3 Å². The highest BCUT2D eigenvalue weighted by Crippen LogP contribution is 2.38. The molecule has 0 bridgehead atoms. The summed E-state index contributed by atoms with van der Waals surface area (Å²) in [5.41, 5.74) is 7.51. The molecule has 3 fully saturated rings. The van der Waals surface area contributed by atoms with Crippen molar-refractivity contribution in [2.24, 2.45) is 0 Å². The Hall–Kier alpha value is -5.21. The molecule has 2 atom stereocenters. The van der Waals surface area contributed by atoms with Gasteiger partial charge in [-0.25, -0.2) is 33.2 Å². The number of halogens is 2. The third-order valence-corrected chi connectivity index (χ3v) is 9.72. The number of rotatable bonds is 9. The summed E-state index contributed by atoms with van der Waals surface area (Å²) in [7, 11) is 0. The van der Waals surface area contributed by atoms with E-state index in [9.17, 15) is 4.79 Å². The number of carbonyl (C=O) groups is 1. The van der Waals surface area contributed by atoms with E-state index in [2.05, 4.69) is 24.8 Å². The monoisotopic (exact) mass is 667 g/mol. The minimum Gasteiger partial charge on any atom is -0.477 e.